The van der Waals surface area contributed by atoms with Gasteiger partial charge in [0.25, 0.3) is 0 Å². The maximum atomic E-state index is 11.5. The molecule has 0 aromatic heterocycles. The number of hydrogen-bond donors (Lipinski definition) is 0. The van der Waals surface area contributed by atoms with Crippen LogP contribution in [0, 0.1) is 12.0 Å². The largest absolute Gasteiger partial charge is 0.436 e. The molecule has 0 atom stereocenters. The van der Waals surface area contributed by atoms with Gasteiger partial charge < -0.3 is 14.2 Å². The quantitative estimate of drug-likeness (QED) is 0.0938. The number of hydrogen-bond acceptors (Lipinski definition) is 8. The van der Waals surface area contributed by atoms with E-state index in [0.29, 0.717) is 39.5 Å². The predicted molar refractivity (Wildman–Crippen MR) is 119 cm³/mol. The van der Waals surface area contributed by atoms with Crippen molar-refractivity contribution in [1.29, 1.82) is 0 Å². The molecule has 0 aliphatic rings. The number of rotatable bonds is 23. The van der Waals surface area contributed by atoms with Gasteiger partial charge in [-0.3, -0.25) is 4.89 Å². The summed E-state index contributed by atoms with van der Waals surface area (Å²) in [5, 5.41) is 0. The minimum Gasteiger partial charge on any atom is -0.379 e. The summed E-state index contributed by atoms with van der Waals surface area (Å²) in [6.07, 6.45) is 15.4. The van der Waals surface area contributed by atoms with Gasteiger partial charge in [-0.1, -0.05) is 70.6 Å². The van der Waals surface area contributed by atoms with Crippen LogP contribution in [0.4, 0.5) is 0 Å². The van der Waals surface area contributed by atoms with Crippen LogP contribution in [0.2, 0.25) is 0 Å². The molecule has 0 rings (SSSR count). The molecule has 0 aliphatic heterocycles. The van der Waals surface area contributed by atoms with E-state index >= 15 is 0 Å². The van der Waals surface area contributed by atoms with E-state index in [1.807, 2.05) is 6.92 Å². The summed E-state index contributed by atoms with van der Waals surface area (Å²) in [5.74, 6) is 2.73. The van der Waals surface area contributed by atoms with Crippen molar-refractivity contribution >= 4 is 10.4 Å². The van der Waals surface area contributed by atoms with Crippen LogP contribution in [0.5, 0.6) is 0 Å². The van der Waals surface area contributed by atoms with Crippen molar-refractivity contribution < 1.29 is 36.0 Å². The lowest BCUT2D eigenvalue weighted by Crippen LogP contribution is -2.15. The molecule has 0 aromatic carbocycles. The second-order valence-corrected chi connectivity index (χ2v) is 8.20. The van der Waals surface area contributed by atoms with Crippen molar-refractivity contribution in [3.05, 3.63) is 0 Å². The van der Waals surface area contributed by atoms with Gasteiger partial charge >= 0.3 is 10.4 Å². The highest BCUT2D eigenvalue weighted by atomic mass is 32.3. The molecule has 0 N–H and O–H groups in total. The molecule has 9 heteroatoms. The Morgan fingerprint density at radius 3 is 1.74 bits per heavy atom. The molecule has 0 unspecified atom stereocenters. The van der Waals surface area contributed by atoms with Gasteiger partial charge in [-0.25, -0.2) is 4.18 Å². The Morgan fingerprint density at radius 1 is 0.645 bits per heavy atom. The van der Waals surface area contributed by atoms with E-state index in [2.05, 4.69) is 32.4 Å². The zero-order valence-corrected chi connectivity index (χ0v) is 20.2. The Morgan fingerprint density at radius 2 is 1.16 bits per heavy atom. The Hall–Kier alpha value is -0.890. The molecule has 0 bridgehead atoms. The lowest BCUT2D eigenvalue weighted by atomic mass is 10.1. The summed E-state index contributed by atoms with van der Waals surface area (Å²) in [4.78, 5) is 4.39. The average molecular weight is 467 g/mol. The minimum atomic E-state index is -4.26. The zero-order valence-electron chi connectivity index (χ0n) is 19.4. The monoisotopic (exact) mass is 466 g/mol. The van der Waals surface area contributed by atoms with E-state index in [4.69, 9.17) is 14.2 Å². The molecule has 0 aromatic rings. The van der Waals surface area contributed by atoms with Crippen LogP contribution in [0.25, 0.3) is 0 Å². The second-order valence-electron chi connectivity index (χ2n) is 7.01. The average Bonchev–Trinajstić information content (AvgIpc) is 2.75. The SMILES string of the molecule is CCCCCCCCCCCCC#COOS(=O)(=O)OCCOCCOCCOCC. The highest BCUT2D eigenvalue weighted by Gasteiger charge is 2.13. The molecule has 0 aliphatic carbocycles. The van der Waals surface area contributed by atoms with Crippen LogP contribution in [0.15, 0.2) is 0 Å². The molecule has 0 spiro atoms. The first-order valence-corrected chi connectivity index (χ1v) is 12.9. The normalized spacial score (nSPS) is 11.3. The van der Waals surface area contributed by atoms with Crippen molar-refractivity contribution in [2.45, 2.75) is 84.5 Å². The summed E-state index contributed by atoms with van der Waals surface area (Å²) in [6, 6.07) is 0. The van der Waals surface area contributed by atoms with Crippen LogP contribution in [0.1, 0.15) is 84.5 Å². The van der Waals surface area contributed by atoms with Crippen LogP contribution in [-0.4, -0.2) is 54.7 Å². The molecule has 0 saturated carbocycles. The minimum absolute atomic E-state index is 0.0851. The van der Waals surface area contributed by atoms with Crippen molar-refractivity contribution in [2.75, 3.05) is 46.2 Å². The maximum Gasteiger partial charge on any atom is 0.436 e. The Labute approximate surface area is 189 Å². The fourth-order valence-electron chi connectivity index (χ4n) is 2.64. The van der Waals surface area contributed by atoms with Crippen molar-refractivity contribution in [1.82, 2.24) is 0 Å². The third-order valence-corrected chi connectivity index (χ3v) is 4.98. The van der Waals surface area contributed by atoms with Crippen molar-refractivity contribution in [3.63, 3.8) is 0 Å². The zero-order chi connectivity index (χ0) is 22.9. The summed E-state index contributed by atoms with van der Waals surface area (Å²) in [5.41, 5.74) is 0. The van der Waals surface area contributed by atoms with E-state index in [1.165, 1.54) is 51.4 Å². The van der Waals surface area contributed by atoms with Gasteiger partial charge in [0.2, 0.25) is 0 Å². The van der Waals surface area contributed by atoms with Gasteiger partial charge in [-0.05, 0) is 17.7 Å². The Bertz CT molecular complexity index is 527. The first-order chi connectivity index (χ1) is 15.1. The van der Waals surface area contributed by atoms with E-state index in [1.54, 1.807) is 0 Å². The van der Waals surface area contributed by atoms with Gasteiger partial charge in [0.15, 0.2) is 6.11 Å². The molecular formula is C22H42O8S. The number of unbranched alkanes of at least 4 members (excludes halogenated alkanes) is 10. The molecular weight excluding hydrogens is 424 g/mol. The number of ether oxygens (including phenoxy) is 3. The fourth-order valence-corrected chi connectivity index (χ4v) is 3.07. The maximum absolute atomic E-state index is 11.5. The molecule has 0 saturated heterocycles. The first kappa shape index (κ1) is 30.1. The van der Waals surface area contributed by atoms with Crippen LogP contribution < -0.4 is 0 Å². The smallest absolute Gasteiger partial charge is 0.379 e. The first-order valence-electron chi connectivity index (χ1n) is 11.6. The molecule has 31 heavy (non-hydrogen) atoms. The van der Waals surface area contributed by atoms with E-state index in [9.17, 15) is 8.42 Å². The van der Waals surface area contributed by atoms with Gasteiger partial charge in [-0.15, -0.1) is 0 Å². The van der Waals surface area contributed by atoms with Crippen LogP contribution >= 0.6 is 0 Å². The van der Waals surface area contributed by atoms with Crippen molar-refractivity contribution in [2.24, 2.45) is 0 Å². The topological polar surface area (TPSA) is 89.5 Å². The van der Waals surface area contributed by atoms with E-state index < -0.39 is 10.4 Å². The molecule has 184 valence electrons. The standard InChI is InChI=1S/C22H42O8S/c1-3-5-6-7-8-9-10-11-12-13-14-15-16-28-30-31(23,24)29-22-21-27-20-19-26-18-17-25-4-2/h3-14,17-22H2,1-2H3. The predicted octanol–water partition coefficient (Wildman–Crippen LogP) is 4.54. The molecule has 0 heterocycles. The lowest BCUT2D eigenvalue weighted by Gasteiger charge is -2.06. The molecule has 0 amide bonds. The highest BCUT2D eigenvalue weighted by molar-refractivity contribution is 7.81. The van der Waals surface area contributed by atoms with E-state index in [0.717, 1.165) is 12.8 Å². The Balaban J connectivity index is 3.43. The second kappa shape index (κ2) is 23.8. The van der Waals surface area contributed by atoms with Gasteiger partial charge in [-0.2, -0.15) is 8.42 Å². The highest BCUT2D eigenvalue weighted by Crippen LogP contribution is 2.11. The summed E-state index contributed by atoms with van der Waals surface area (Å²) < 4.78 is 47.2. The lowest BCUT2D eigenvalue weighted by molar-refractivity contribution is -0.139. The molecule has 0 radical (unpaired) electrons. The summed E-state index contributed by atoms with van der Waals surface area (Å²) >= 11 is 0. The van der Waals surface area contributed by atoms with Crippen molar-refractivity contribution in [3.8, 4) is 12.0 Å². The molecule has 8 nitrogen and oxygen atoms in total. The summed E-state index contributed by atoms with van der Waals surface area (Å²) in [6.45, 7) is 6.46. The Kier molecular flexibility index (Phi) is 23.1. The van der Waals surface area contributed by atoms with E-state index in [-0.39, 0.29) is 13.2 Å². The van der Waals surface area contributed by atoms with Crippen LogP contribution in [-0.2, 0) is 38.0 Å². The molecule has 0 fully saturated rings. The van der Waals surface area contributed by atoms with Gasteiger partial charge in [0, 0.05) is 13.0 Å². The van der Waals surface area contributed by atoms with Crippen LogP contribution in [0.3, 0.4) is 0 Å². The van der Waals surface area contributed by atoms with Gasteiger partial charge in [0.05, 0.1) is 39.6 Å². The summed E-state index contributed by atoms with van der Waals surface area (Å²) in [7, 11) is -4.26. The fraction of sp³-hybridized carbons (Fsp3) is 0.909. The third-order valence-electron chi connectivity index (χ3n) is 4.29. The third kappa shape index (κ3) is 25.2. The van der Waals surface area contributed by atoms with Gasteiger partial charge in [0.1, 0.15) is 0 Å².